The summed E-state index contributed by atoms with van der Waals surface area (Å²) >= 11 is 0.966. The van der Waals surface area contributed by atoms with Gasteiger partial charge in [0.25, 0.3) is 5.91 Å². The van der Waals surface area contributed by atoms with E-state index in [0.717, 1.165) is 22.9 Å². The summed E-state index contributed by atoms with van der Waals surface area (Å²) in [5.41, 5.74) is 2.01. The highest BCUT2D eigenvalue weighted by atomic mass is 32.2. The van der Waals surface area contributed by atoms with Crippen LogP contribution in [-0.4, -0.2) is 51.6 Å². The lowest BCUT2D eigenvalue weighted by molar-refractivity contribution is -0.155. The SMILES string of the molecule is COc1ccc(CN2C(=O)C(c3ccccc3)=C(c3ccccc3)C2SC(C(=O)O)C2(c3ccccc3)C(=O)OC(=O)C2c2ccccc2)cc1. The highest BCUT2D eigenvalue weighted by Crippen LogP contribution is 2.55. The summed E-state index contributed by atoms with van der Waals surface area (Å²) in [6.07, 6.45) is 0. The molecule has 2 heterocycles. The maximum absolute atomic E-state index is 14.8. The van der Waals surface area contributed by atoms with Crippen LogP contribution in [0.25, 0.3) is 11.1 Å². The quantitative estimate of drug-likeness (QED) is 0.117. The van der Waals surface area contributed by atoms with E-state index >= 15 is 0 Å². The number of hydrogen-bond acceptors (Lipinski definition) is 7. The number of amides is 1. The number of nitrogens with zero attached hydrogens (tertiary/aromatic N) is 1. The predicted molar refractivity (Wildman–Crippen MR) is 194 cm³/mol. The molecule has 2 aliphatic heterocycles. The Bertz CT molecular complexity index is 2110. The summed E-state index contributed by atoms with van der Waals surface area (Å²) in [7, 11) is 1.57. The number of rotatable bonds is 11. The zero-order valence-corrected chi connectivity index (χ0v) is 28.4. The molecular weight excluding hydrogens is 663 g/mol. The first-order valence-electron chi connectivity index (χ1n) is 16.4. The summed E-state index contributed by atoms with van der Waals surface area (Å²) in [4.78, 5) is 58.3. The molecule has 0 spiro atoms. The van der Waals surface area contributed by atoms with Gasteiger partial charge >= 0.3 is 17.9 Å². The van der Waals surface area contributed by atoms with Crippen LogP contribution in [0.4, 0.5) is 0 Å². The molecule has 9 heteroatoms. The monoisotopic (exact) mass is 695 g/mol. The molecule has 5 aromatic carbocycles. The molecular formula is C42H33NO7S. The summed E-state index contributed by atoms with van der Waals surface area (Å²) in [6.45, 7) is 0.128. The first-order valence-corrected chi connectivity index (χ1v) is 17.3. The number of carbonyl (C=O) groups is 4. The van der Waals surface area contributed by atoms with Gasteiger partial charge in [0, 0.05) is 12.1 Å². The molecule has 4 atom stereocenters. The Kier molecular flexibility index (Phi) is 9.30. The van der Waals surface area contributed by atoms with E-state index in [-0.39, 0.29) is 12.5 Å². The van der Waals surface area contributed by atoms with Crippen LogP contribution in [0.15, 0.2) is 146 Å². The Morgan fingerprint density at radius 2 is 1.33 bits per heavy atom. The largest absolute Gasteiger partial charge is 0.497 e. The average molecular weight is 696 g/mol. The van der Waals surface area contributed by atoms with E-state index in [1.165, 1.54) is 0 Å². The molecule has 0 radical (unpaired) electrons. The zero-order chi connectivity index (χ0) is 35.5. The van der Waals surface area contributed by atoms with Crippen LogP contribution in [0.2, 0.25) is 0 Å². The number of ether oxygens (including phenoxy) is 2. The van der Waals surface area contributed by atoms with Gasteiger partial charge in [0.1, 0.15) is 27.7 Å². The van der Waals surface area contributed by atoms with E-state index < -0.39 is 39.9 Å². The van der Waals surface area contributed by atoms with Gasteiger partial charge in [-0.25, -0.2) is 0 Å². The third-order valence-corrected chi connectivity index (χ3v) is 11.0. The van der Waals surface area contributed by atoms with Crippen LogP contribution in [0.3, 0.4) is 0 Å². The van der Waals surface area contributed by atoms with E-state index in [1.54, 1.807) is 84.8 Å². The van der Waals surface area contributed by atoms with Crippen molar-refractivity contribution >= 4 is 46.7 Å². The molecule has 2 aliphatic rings. The number of methoxy groups -OCH3 is 1. The number of cyclic esters (lactones) is 2. The number of carboxylic acids is 1. The normalized spacial score (nSPS) is 20.7. The van der Waals surface area contributed by atoms with Gasteiger partial charge in [-0.2, -0.15) is 0 Å². The molecule has 51 heavy (non-hydrogen) atoms. The van der Waals surface area contributed by atoms with Gasteiger partial charge in [0.15, 0.2) is 0 Å². The molecule has 0 bridgehead atoms. The number of benzene rings is 5. The fourth-order valence-corrected chi connectivity index (χ4v) is 8.80. The molecule has 7 rings (SSSR count). The van der Waals surface area contributed by atoms with E-state index in [4.69, 9.17) is 9.47 Å². The van der Waals surface area contributed by atoms with Crippen molar-refractivity contribution in [3.05, 3.63) is 173 Å². The average Bonchev–Trinajstić information content (AvgIpc) is 3.60. The second kappa shape index (κ2) is 14.1. The second-order valence-corrected chi connectivity index (χ2v) is 13.5. The van der Waals surface area contributed by atoms with Crippen LogP contribution in [-0.2, 0) is 35.9 Å². The third-order valence-electron chi connectivity index (χ3n) is 9.44. The molecule has 1 fully saturated rings. The summed E-state index contributed by atoms with van der Waals surface area (Å²) in [6, 6.07) is 43.1. The number of aliphatic carboxylic acids is 1. The van der Waals surface area contributed by atoms with Gasteiger partial charge in [0.2, 0.25) is 0 Å². The number of carboxylic acid groups (broad SMARTS) is 1. The zero-order valence-electron chi connectivity index (χ0n) is 27.5. The number of hydrogen-bond donors (Lipinski definition) is 1. The van der Waals surface area contributed by atoms with Gasteiger partial charge in [-0.05, 0) is 39.9 Å². The lowest BCUT2D eigenvalue weighted by atomic mass is 9.66. The van der Waals surface area contributed by atoms with Crippen molar-refractivity contribution in [2.45, 2.75) is 28.5 Å². The number of esters is 2. The van der Waals surface area contributed by atoms with Gasteiger partial charge in [-0.3, -0.25) is 19.2 Å². The molecule has 254 valence electrons. The van der Waals surface area contributed by atoms with Crippen molar-refractivity contribution in [1.29, 1.82) is 0 Å². The highest BCUT2D eigenvalue weighted by molar-refractivity contribution is 8.01. The Balaban J connectivity index is 1.46. The van der Waals surface area contributed by atoms with Crippen molar-refractivity contribution in [2.75, 3.05) is 7.11 Å². The van der Waals surface area contributed by atoms with Crippen LogP contribution < -0.4 is 4.74 Å². The molecule has 0 aromatic heterocycles. The molecule has 1 N–H and O–H groups in total. The van der Waals surface area contributed by atoms with Crippen molar-refractivity contribution in [3.8, 4) is 5.75 Å². The molecule has 5 aromatic rings. The fourth-order valence-electron chi connectivity index (χ4n) is 7.14. The Hall–Kier alpha value is -5.93. The van der Waals surface area contributed by atoms with Crippen LogP contribution in [0.1, 0.15) is 33.7 Å². The Morgan fingerprint density at radius 3 is 1.90 bits per heavy atom. The maximum atomic E-state index is 14.8. The van der Waals surface area contributed by atoms with Crippen molar-refractivity contribution < 1.29 is 33.8 Å². The fraction of sp³-hybridized carbons (Fsp3) is 0.143. The lowest BCUT2D eigenvalue weighted by Gasteiger charge is -2.38. The van der Waals surface area contributed by atoms with Gasteiger partial charge < -0.3 is 19.5 Å². The van der Waals surface area contributed by atoms with Crippen molar-refractivity contribution in [1.82, 2.24) is 4.90 Å². The molecule has 0 aliphatic carbocycles. The van der Waals surface area contributed by atoms with Gasteiger partial charge in [-0.1, -0.05) is 133 Å². The van der Waals surface area contributed by atoms with E-state index in [2.05, 4.69) is 0 Å². The van der Waals surface area contributed by atoms with E-state index in [0.29, 0.717) is 33.6 Å². The third kappa shape index (κ3) is 5.99. The minimum Gasteiger partial charge on any atom is -0.497 e. The molecule has 4 unspecified atom stereocenters. The molecule has 0 saturated carbocycles. The minimum absolute atomic E-state index is 0.128. The van der Waals surface area contributed by atoms with Gasteiger partial charge in [0.05, 0.1) is 12.7 Å². The van der Waals surface area contributed by atoms with E-state index in [9.17, 15) is 24.3 Å². The Labute approximate surface area is 299 Å². The molecule has 8 nitrogen and oxygen atoms in total. The molecule has 1 saturated heterocycles. The predicted octanol–water partition coefficient (Wildman–Crippen LogP) is 6.97. The van der Waals surface area contributed by atoms with Gasteiger partial charge in [-0.15, -0.1) is 11.8 Å². The lowest BCUT2D eigenvalue weighted by Crippen LogP contribution is -2.52. The van der Waals surface area contributed by atoms with Crippen LogP contribution in [0.5, 0.6) is 5.75 Å². The minimum atomic E-state index is -1.98. The van der Waals surface area contributed by atoms with Crippen LogP contribution >= 0.6 is 11.8 Å². The first kappa shape index (κ1) is 33.6. The van der Waals surface area contributed by atoms with Crippen molar-refractivity contribution in [3.63, 3.8) is 0 Å². The first-order chi connectivity index (χ1) is 24.8. The molecule has 1 amide bonds. The topological polar surface area (TPSA) is 110 Å². The van der Waals surface area contributed by atoms with Crippen LogP contribution in [0, 0.1) is 0 Å². The number of carbonyl (C=O) groups excluding carboxylic acids is 3. The summed E-state index contributed by atoms with van der Waals surface area (Å²) in [5.74, 6) is -4.02. The highest BCUT2D eigenvalue weighted by Gasteiger charge is 2.66. The number of thioether (sulfide) groups is 1. The second-order valence-electron chi connectivity index (χ2n) is 12.3. The smallest absolute Gasteiger partial charge is 0.327 e. The Morgan fingerprint density at radius 1 is 0.784 bits per heavy atom. The van der Waals surface area contributed by atoms with E-state index in [1.807, 2.05) is 72.8 Å². The maximum Gasteiger partial charge on any atom is 0.327 e. The summed E-state index contributed by atoms with van der Waals surface area (Å²) in [5, 5.41) is 8.76. The van der Waals surface area contributed by atoms with Crippen molar-refractivity contribution in [2.24, 2.45) is 0 Å². The summed E-state index contributed by atoms with van der Waals surface area (Å²) < 4.78 is 10.8. The standard InChI is InChI=1S/C42H33NO7S/c1-49-32-24-22-27(23-25-32)26-43-37(44)33(28-14-6-2-7-15-28)34(29-16-8-3-9-17-29)38(43)51-36(39(45)46)42(31-20-12-5-13-21-31)35(40(47)50-41(42)48)30-18-10-4-11-19-30/h2-25,35-36,38H,26H2,1H3,(H,45,46).